The zero-order chi connectivity index (χ0) is 32.8. The van der Waals surface area contributed by atoms with E-state index in [0.29, 0.717) is 42.5 Å². The van der Waals surface area contributed by atoms with Gasteiger partial charge in [-0.3, -0.25) is 9.78 Å². The Kier molecular flexibility index (Phi) is 9.65. The summed E-state index contributed by atoms with van der Waals surface area (Å²) in [5, 5.41) is 6.67. The van der Waals surface area contributed by atoms with Crippen molar-refractivity contribution in [2.24, 2.45) is 0 Å². The monoisotopic (exact) mass is 630 g/mol. The van der Waals surface area contributed by atoms with E-state index < -0.39 is 6.03 Å². The molecule has 0 unspecified atom stereocenters. The maximum absolute atomic E-state index is 12.8. The molecule has 47 heavy (non-hydrogen) atoms. The molecule has 0 saturated carbocycles. The standard InChI is InChI=1S/C36H38N8O3/c1-42(2)18-19-43(3)35(45)26-9-14-29(15-10-26)39-36(46)38-28-12-7-25(8-13-28)33-40-32-24-27(31-6-4-5-17-37-31)11-16-30(32)34(41-33)44-20-22-47-23-21-44/h4-17,24H,18-23H2,1-3H3,(H2,38,39,46). The molecule has 0 spiro atoms. The lowest BCUT2D eigenvalue weighted by Crippen LogP contribution is -2.37. The van der Waals surface area contributed by atoms with Crippen molar-refractivity contribution in [1.29, 1.82) is 0 Å². The summed E-state index contributed by atoms with van der Waals surface area (Å²) >= 11 is 0. The number of morpholine rings is 1. The van der Waals surface area contributed by atoms with Gasteiger partial charge >= 0.3 is 6.03 Å². The van der Waals surface area contributed by atoms with Crippen molar-refractivity contribution in [3.8, 4) is 22.6 Å². The molecule has 3 aromatic carbocycles. The fourth-order valence-electron chi connectivity index (χ4n) is 5.32. The molecule has 2 aromatic heterocycles. The molecule has 2 N–H and O–H groups in total. The summed E-state index contributed by atoms with van der Waals surface area (Å²) in [5.41, 5.74) is 5.27. The number of anilines is 3. The average Bonchev–Trinajstić information content (AvgIpc) is 3.11. The van der Waals surface area contributed by atoms with Crippen molar-refractivity contribution >= 4 is 40.0 Å². The van der Waals surface area contributed by atoms with Gasteiger partial charge in [-0.05, 0) is 86.9 Å². The van der Waals surface area contributed by atoms with Gasteiger partial charge in [0.05, 0.1) is 24.4 Å². The number of nitrogens with one attached hydrogen (secondary N) is 2. The number of carbonyl (C=O) groups excluding carboxylic acids is 2. The Bertz CT molecular complexity index is 1840. The van der Waals surface area contributed by atoms with Gasteiger partial charge in [0.2, 0.25) is 0 Å². The van der Waals surface area contributed by atoms with Gasteiger partial charge in [-0.2, -0.15) is 0 Å². The number of urea groups is 1. The summed E-state index contributed by atoms with van der Waals surface area (Å²) in [4.78, 5) is 45.9. The number of nitrogens with zero attached hydrogens (tertiary/aromatic N) is 6. The molecule has 5 aromatic rings. The second-order valence-corrected chi connectivity index (χ2v) is 11.7. The first kappa shape index (κ1) is 31.6. The molecule has 240 valence electrons. The summed E-state index contributed by atoms with van der Waals surface area (Å²) < 4.78 is 5.60. The van der Waals surface area contributed by atoms with Crippen LogP contribution >= 0.6 is 0 Å². The zero-order valence-electron chi connectivity index (χ0n) is 26.8. The van der Waals surface area contributed by atoms with E-state index in [4.69, 9.17) is 14.7 Å². The predicted octanol–water partition coefficient (Wildman–Crippen LogP) is 5.47. The first-order valence-electron chi connectivity index (χ1n) is 15.6. The number of benzene rings is 3. The number of rotatable bonds is 9. The quantitative estimate of drug-likeness (QED) is 0.220. The third kappa shape index (κ3) is 7.71. The highest BCUT2D eigenvalue weighted by atomic mass is 16.5. The number of fused-ring (bicyclic) bond motifs is 1. The second kappa shape index (κ2) is 14.4. The molecule has 1 fully saturated rings. The van der Waals surface area contributed by atoms with Crippen LogP contribution in [0.3, 0.4) is 0 Å². The van der Waals surface area contributed by atoms with E-state index in [2.05, 4.69) is 38.7 Å². The fraction of sp³-hybridized carbons (Fsp3) is 0.250. The van der Waals surface area contributed by atoms with Crippen molar-refractivity contribution in [2.45, 2.75) is 0 Å². The Morgan fingerprint density at radius 1 is 0.809 bits per heavy atom. The average molecular weight is 631 g/mol. The SMILES string of the molecule is CN(C)CCN(C)C(=O)c1ccc(NC(=O)Nc2ccc(-c3nc(N4CCOCC4)c4ccc(-c5ccccn5)cc4n3)cc2)cc1. The van der Waals surface area contributed by atoms with E-state index in [-0.39, 0.29) is 5.91 Å². The smallest absolute Gasteiger partial charge is 0.323 e. The van der Waals surface area contributed by atoms with Gasteiger partial charge in [-0.25, -0.2) is 14.8 Å². The van der Waals surface area contributed by atoms with Crippen LogP contribution in [0.1, 0.15) is 10.4 Å². The van der Waals surface area contributed by atoms with Crippen LogP contribution in [0.15, 0.2) is 91.1 Å². The van der Waals surface area contributed by atoms with Gasteiger partial charge in [-0.1, -0.05) is 12.1 Å². The molecule has 1 saturated heterocycles. The molecule has 0 aliphatic carbocycles. The Labute approximate surface area is 274 Å². The second-order valence-electron chi connectivity index (χ2n) is 11.7. The molecule has 1 aliphatic heterocycles. The van der Waals surface area contributed by atoms with Crippen molar-refractivity contribution in [2.75, 3.05) is 76.1 Å². The largest absolute Gasteiger partial charge is 0.378 e. The minimum Gasteiger partial charge on any atom is -0.378 e. The fourth-order valence-corrected chi connectivity index (χ4v) is 5.32. The molecule has 11 heteroatoms. The van der Waals surface area contributed by atoms with Crippen LogP contribution in [0, 0.1) is 0 Å². The van der Waals surface area contributed by atoms with Gasteiger partial charge in [0, 0.05) is 72.9 Å². The van der Waals surface area contributed by atoms with Crippen LogP contribution in [0.25, 0.3) is 33.5 Å². The van der Waals surface area contributed by atoms with Crippen LogP contribution in [-0.2, 0) is 4.74 Å². The normalized spacial score (nSPS) is 13.1. The van der Waals surface area contributed by atoms with Crippen molar-refractivity contribution in [3.05, 3.63) is 96.7 Å². The summed E-state index contributed by atoms with van der Waals surface area (Å²) in [5.74, 6) is 1.40. The van der Waals surface area contributed by atoms with E-state index in [1.54, 1.807) is 42.4 Å². The van der Waals surface area contributed by atoms with Crippen LogP contribution in [0.4, 0.5) is 22.0 Å². The van der Waals surface area contributed by atoms with Crippen LogP contribution in [-0.4, -0.2) is 97.2 Å². The molecule has 0 atom stereocenters. The minimum atomic E-state index is -0.390. The van der Waals surface area contributed by atoms with E-state index in [0.717, 1.165) is 53.2 Å². The maximum Gasteiger partial charge on any atom is 0.323 e. The third-order valence-electron chi connectivity index (χ3n) is 7.97. The number of pyridine rings is 1. The number of hydrogen-bond donors (Lipinski definition) is 2. The first-order chi connectivity index (χ1) is 22.8. The lowest BCUT2D eigenvalue weighted by molar-refractivity contribution is 0.0786. The van der Waals surface area contributed by atoms with Crippen molar-refractivity contribution in [1.82, 2.24) is 24.8 Å². The molecule has 1 aliphatic rings. The van der Waals surface area contributed by atoms with Crippen molar-refractivity contribution in [3.63, 3.8) is 0 Å². The summed E-state index contributed by atoms with van der Waals surface area (Å²) in [6.45, 7) is 4.19. The molecule has 0 bridgehead atoms. The minimum absolute atomic E-state index is 0.0657. The van der Waals surface area contributed by atoms with E-state index in [1.165, 1.54) is 0 Å². The predicted molar refractivity (Wildman–Crippen MR) is 186 cm³/mol. The number of amides is 3. The molecule has 11 nitrogen and oxygen atoms in total. The number of aromatic nitrogens is 3. The van der Waals surface area contributed by atoms with Gasteiger partial charge in [0.1, 0.15) is 5.82 Å². The molecular formula is C36H38N8O3. The van der Waals surface area contributed by atoms with E-state index >= 15 is 0 Å². The van der Waals surface area contributed by atoms with Gasteiger partial charge < -0.3 is 30.1 Å². The topological polar surface area (TPSA) is 116 Å². The van der Waals surface area contributed by atoms with Crippen LogP contribution < -0.4 is 15.5 Å². The summed E-state index contributed by atoms with van der Waals surface area (Å²) in [6.07, 6.45) is 1.78. The van der Waals surface area contributed by atoms with Gasteiger partial charge in [0.15, 0.2) is 5.82 Å². The van der Waals surface area contributed by atoms with Crippen molar-refractivity contribution < 1.29 is 14.3 Å². The van der Waals surface area contributed by atoms with E-state index in [9.17, 15) is 9.59 Å². The van der Waals surface area contributed by atoms with Crippen LogP contribution in [0.5, 0.6) is 0 Å². The number of likely N-dealkylation sites (N-methyl/N-ethyl adjacent to an activating group) is 2. The number of ether oxygens (including phenoxy) is 1. The Balaban J connectivity index is 1.16. The molecular weight excluding hydrogens is 592 g/mol. The van der Waals surface area contributed by atoms with E-state index in [1.807, 2.05) is 61.5 Å². The number of hydrogen-bond acceptors (Lipinski definition) is 8. The van der Waals surface area contributed by atoms with Gasteiger partial charge in [-0.15, -0.1) is 0 Å². The number of carbonyl (C=O) groups is 2. The van der Waals surface area contributed by atoms with Crippen LogP contribution in [0.2, 0.25) is 0 Å². The third-order valence-corrected chi connectivity index (χ3v) is 7.97. The lowest BCUT2D eigenvalue weighted by Gasteiger charge is -2.29. The summed E-state index contributed by atoms with van der Waals surface area (Å²) in [7, 11) is 5.73. The molecule has 0 radical (unpaired) electrons. The highest BCUT2D eigenvalue weighted by Gasteiger charge is 2.19. The molecule has 6 rings (SSSR count). The Morgan fingerprint density at radius 3 is 2.15 bits per heavy atom. The Morgan fingerprint density at radius 2 is 1.49 bits per heavy atom. The van der Waals surface area contributed by atoms with Gasteiger partial charge in [0.25, 0.3) is 5.91 Å². The first-order valence-corrected chi connectivity index (χ1v) is 15.6. The Hall–Kier alpha value is -5.39. The lowest BCUT2D eigenvalue weighted by atomic mass is 10.1. The molecule has 3 amide bonds. The maximum atomic E-state index is 12.8. The molecule has 3 heterocycles. The highest BCUT2D eigenvalue weighted by molar-refractivity contribution is 6.01. The highest BCUT2D eigenvalue weighted by Crippen LogP contribution is 2.31. The zero-order valence-corrected chi connectivity index (χ0v) is 26.8. The summed E-state index contributed by atoms with van der Waals surface area (Å²) in [6, 6.07) is 26.0.